The van der Waals surface area contributed by atoms with Crippen LogP contribution in [0, 0.1) is 12.8 Å². The third-order valence-corrected chi connectivity index (χ3v) is 4.83. The average molecular weight is 309 g/mol. The molecule has 1 amide bonds. The van der Waals surface area contributed by atoms with Crippen molar-refractivity contribution in [3.05, 3.63) is 34.3 Å². The second-order valence-electron chi connectivity index (χ2n) is 5.90. The second-order valence-corrected chi connectivity index (χ2v) is 6.33. The van der Waals surface area contributed by atoms with Crippen LogP contribution in [-0.4, -0.2) is 29.9 Å². The van der Waals surface area contributed by atoms with E-state index in [0.29, 0.717) is 17.5 Å². The number of hydrogen-bond acceptors (Lipinski definition) is 2. The number of nitrogens with zero attached hydrogens (tertiary/aromatic N) is 1. The number of hydrogen-bond donors (Lipinski definition) is 1. The maximum Gasteiger partial charge on any atom is 0.254 e. The van der Waals surface area contributed by atoms with E-state index in [9.17, 15) is 4.79 Å². The van der Waals surface area contributed by atoms with Crippen molar-refractivity contribution < 1.29 is 4.79 Å². The summed E-state index contributed by atoms with van der Waals surface area (Å²) in [6.45, 7) is 5.37. The second kappa shape index (κ2) is 7.28. The maximum atomic E-state index is 12.9. The highest BCUT2D eigenvalue weighted by Gasteiger charge is 2.32. The zero-order valence-corrected chi connectivity index (χ0v) is 13.7. The van der Waals surface area contributed by atoms with Crippen LogP contribution in [0.15, 0.2) is 18.2 Å². The summed E-state index contributed by atoms with van der Waals surface area (Å²) in [6.07, 6.45) is 4.60. The molecule has 0 radical (unpaired) electrons. The smallest absolute Gasteiger partial charge is 0.254 e. The molecule has 1 saturated carbocycles. The van der Waals surface area contributed by atoms with Crippen LogP contribution in [0.3, 0.4) is 0 Å². The summed E-state index contributed by atoms with van der Waals surface area (Å²) in [5, 5.41) is 0.671. The van der Waals surface area contributed by atoms with E-state index in [1.54, 1.807) is 6.07 Å². The van der Waals surface area contributed by atoms with Crippen molar-refractivity contribution in [1.82, 2.24) is 4.90 Å². The van der Waals surface area contributed by atoms with Crippen LogP contribution in [0.25, 0.3) is 0 Å². The first-order valence-corrected chi connectivity index (χ1v) is 8.23. The predicted molar refractivity (Wildman–Crippen MR) is 87.7 cm³/mol. The zero-order chi connectivity index (χ0) is 15.4. The Morgan fingerprint density at radius 1 is 1.38 bits per heavy atom. The summed E-state index contributed by atoms with van der Waals surface area (Å²) in [4.78, 5) is 14.9. The number of aryl methyl sites for hydroxylation is 1. The van der Waals surface area contributed by atoms with Gasteiger partial charge in [0.05, 0.1) is 0 Å². The average Bonchev–Trinajstić information content (AvgIpc) is 2.48. The van der Waals surface area contributed by atoms with Gasteiger partial charge in [-0.1, -0.05) is 24.4 Å². The van der Waals surface area contributed by atoms with Gasteiger partial charge in [-0.05, 0) is 62.9 Å². The van der Waals surface area contributed by atoms with E-state index in [2.05, 4.69) is 0 Å². The monoisotopic (exact) mass is 308 g/mol. The summed E-state index contributed by atoms with van der Waals surface area (Å²) < 4.78 is 0. The quantitative estimate of drug-likeness (QED) is 0.923. The van der Waals surface area contributed by atoms with Crippen molar-refractivity contribution in [2.24, 2.45) is 11.7 Å². The number of carbonyl (C=O) groups excluding carboxylic acids is 1. The van der Waals surface area contributed by atoms with Crippen molar-refractivity contribution >= 4 is 17.5 Å². The Bertz CT molecular complexity index is 504. The summed E-state index contributed by atoms with van der Waals surface area (Å²) in [5.74, 6) is 0.535. The van der Waals surface area contributed by atoms with Crippen LogP contribution in [0.5, 0.6) is 0 Å². The molecule has 2 N–H and O–H groups in total. The van der Waals surface area contributed by atoms with Gasteiger partial charge in [0, 0.05) is 23.2 Å². The van der Waals surface area contributed by atoms with Crippen LogP contribution < -0.4 is 5.73 Å². The van der Waals surface area contributed by atoms with Gasteiger partial charge in [0.2, 0.25) is 0 Å². The molecule has 2 unspecified atom stereocenters. The van der Waals surface area contributed by atoms with E-state index in [4.69, 9.17) is 17.3 Å². The Morgan fingerprint density at radius 3 is 2.71 bits per heavy atom. The first-order chi connectivity index (χ1) is 10.1. The van der Waals surface area contributed by atoms with Crippen molar-refractivity contribution in [1.29, 1.82) is 0 Å². The normalized spacial score (nSPS) is 22.1. The van der Waals surface area contributed by atoms with E-state index in [0.717, 1.165) is 30.5 Å². The molecule has 3 nitrogen and oxygen atoms in total. The largest absolute Gasteiger partial charge is 0.336 e. The molecule has 2 rings (SSSR count). The predicted octanol–water partition coefficient (Wildman–Crippen LogP) is 3.63. The molecule has 0 aromatic heterocycles. The van der Waals surface area contributed by atoms with Gasteiger partial charge in [0.1, 0.15) is 0 Å². The summed E-state index contributed by atoms with van der Waals surface area (Å²) >= 11 is 5.99. The van der Waals surface area contributed by atoms with Crippen LogP contribution in [0.4, 0.5) is 0 Å². The molecule has 1 aromatic carbocycles. The minimum absolute atomic E-state index is 0.108. The number of benzene rings is 1. The lowest BCUT2D eigenvalue weighted by Crippen LogP contribution is -2.48. The molecule has 0 spiro atoms. The Labute approximate surface area is 132 Å². The highest BCUT2D eigenvalue weighted by molar-refractivity contribution is 6.30. The van der Waals surface area contributed by atoms with Crippen molar-refractivity contribution in [2.45, 2.75) is 45.6 Å². The van der Waals surface area contributed by atoms with Gasteiger partial charge >= 0.3 is 0 Å². The van der Waals surface area contributed by atoms with Gasteiger partial charge in [-0.2, -0.15) is 0 Å². The summed E-state index contributed by atoms with van der Waals surface area (Å²) in [5.41, 5.74) is 7.61. The highest BCUT2D eigenvalue weighted by atomic mass is 35.5. The van der Waals surface area contributed by atoms with Crippen molar-refractivity contribution in [2.75, 3.05) is 13.1 Å². The molecule has 0 aliphatic heterocycles. The number of amides is 1. The van der Waals surface area contributed by atoms with E-state index in [1.165, 1.54) is 12.8 Å². The number of nitrogens with two attached hydrogens (primary N) is 1. The van der Waals surface area contributed by atoms with Crippen LogP contribution in [-0.2, 0) is 0 Å². The van der Waals surface area contributed by atoms with E-state index < -0.39 is 0 Å². The van der Waals surface area contributed by atoms with E-state index in [1.807, 2.05) is 30.9 Å². The highest BCUT2D eigenvalue weighted by Crippen LogP contribution is 2.29. The topological polar surface area (TPSA) is 46.3 Å². The van der Waals surface area contributed by atoms with Gasteiger partial charge < -0.3 is 10.6 Å². The van der Waals surface area contributed by atoms with E-state index in [-0.39, 0.29) is 11.9 Å². The molecule has 116 valence electrons. The molecule has 0 saturated heterocycles. The molecular weight excluding hydrogens is 284 g/mol. The first kappa shape index (κ1) is 16.3. The number of carbonyl (C=O) groups is 1. The lowest BCUT2D eigenvalue weighted by atomic mass is 9.83. The minimum Gasteiger partial charge on any atom is -0.336 e. The number of halogens is 1. The molecular formula is C17H25ClN2O. The van der Waals surface area contributed by atoms with Gasteiger partial charge in [-0.3, -0.25) is 4.79 Å². The van der Waals surface area contributed by atoms with Gasteiger partial charge in [0.15, 0.2) is 0 Å². The zero-order valence-electron chi connectivity index (χ0n) is 12.9. The molecule has 1 aliphatic carbocycles. The fourth-order valence-electron chi connectivity index (χ4n) is 3.42. The molecule has 0 heterocycles. The molecule has 1 aliphatic rings. The van der Waals surface area contributed by atoms with Crippen molar-refractivity contribution in [3.8, 4) is 0 Å². The lowest BCUT2D eigenvalue weighted by Gasteiger charge is -2.39. The van der Waals surface area contributed by atoms with Crippen LogP contribution in [0.2, 0.25) is 5.02 Å². The van der Waals surface area contributed by atoms with Gasteiger partial charge in [-0.15, -0.1) is 0 Å². The molecule has 1 fully saturated rings. The third-order valence-electron chi connectivity index (χ3n) is 4.59. The Balaban J connectivity index is 2.25. The summed E-state index contributed by atoms with van der Waals surface area (Å²) in [6, 6.07) is 5.75. The molecule has 21 heavy (non-hydrogen) atoms. The van der Waals surface area contributed by atoms with Crippen LogP contribution in [0.1, 0.15) is 48.5 Å². The van der Waals surface area contributed by atoms with E-state index >= 15 is 0 Å². The Morgan fingerprint density at radius 2 is 2.10 bits per heavy atom. The van der Waals surface area contributed by atoms with Crippen LogP contribution >= 0.6 is 11.6 Å². The lowest BCUT2D eigenvalue weighted by molar-refractivity contribution is 0.0559. The Kier molecular flexibility index (Phi) is 5.65. The molecule has 1 aromatic rings. The SMILES string of the molecule is CCN(C(=O)c1ccc(Cl)cc1C)C1CCCCC1CN. The van der Waals surface area contributed by atoms with Crippen molar-refractivity contribution in [3.63, 3.8) is 0 Å². The minimum atomic E-state index is 0.108. The molecule has 4 heteroatoms. The van der Waals surface area contributed by atoms with Gasteiger partial charge in [0.25, 0.3) is 5.91 Å². The number of rotatable bonds is 4. The standard InChI is InChI=1S/C17H25ClN2O/c1-3-20(16-7-5-4-6-13(16)11-19)17(21)15-9-8-14(18)10-12(15)2/h8-10,13,16H,3-7,11,19H2,1-2H3. The molecule has 0 bridgehead atoms. The Hall–Kier alpha value is -1.06. The molecule has 2 atom stereocenters. The third kappa shape index (κ3) is 3.58. The summed E-state index contributed by atoms with van der Waals surface area (Å²) in [7, 11) is 0. The maximum absolute atomic E-state index is 12.9. The fourth-order valence-corrected chi connectivity index (χ4v) is 3.65. The first-order valence-electron chi connectivity index (χ1n) is 7.85. The van der Waals surface area contributed by atoms with Gasteiger partial charge in [-0.25, -0.2) is 0 Å². The fraction of sp³-hybridized carbons (Fsp3) is 0.588.